The van der Waals surface area contributed by atoms with E-state index in [0.717, 1.165) is 19.3 Å². The third-order valence-corrected chi connectivity index (χ3v) is 3.76. The van der Waals surface area contributed by atoms with Gasteiger partial charge in [0.05, 0.1) is 13.5 Å². The summed E-state index contributed by atoms with van der Waals surface area (Å²) in [4.78, 5) is 33.9. The van der Waals surface area contributed by atoms with Crippen molar-refractivity contribution in [3.63, 3.8) is 0 Å². The van der Waals surface area contributed by atoms with Gasteiger partial charge in [0.1, 0.15) is 6.04 Å². The number of amides is 2. The molecule has 0 radical (unpaired) electrons. The van der Waals surface area contributed by atoms with Crippen LogP contribution in [-0.4, -0.2) is 42.3 Å². The van der Waals surface area contributed by atoms with E-state index in [2.05, 4.69) is 29.2 Å². The van der Waals surface area contributed by atoms with Crippen molar-refractivity contribution in [2.24, 2.45) is 5.41 Å². The molecule has 0 heterocycles. The quantitative estimate of drug-likeness (QED) is 0.651. The molecule has 0 aromatic rings. The van der Waals surface area contributed by atoms with Gasteiger partial charge in [-0.25, -0.2) is 9.59 Å². The number of methoxy groups -OCH3 is 1. The number of carbonyl (C=O) groups excluding carboxylic acids is 2. The number of hydrogen-bond acceptors (Lipinski definition) is 4. The van der Waals surface area contributed by atoms with E-state index < -0.39 is 30.4 Å². The van der Waals surface area contributed by atoms with Crippen molar-refractivity contribution < 1.29 is 24.2 Å². The maximum Gasteiger partial charge on any atom is 0.326 e. The molecule has 0 aromatic carbocycles. The molecule has 114 valence electrons. The number of esters is 1. The van der Waals surface area contributed by atoms with Crippen LogP contribution in [0.4, 0.5) is 4.79 Å². The predicted molar refractivity (Wildman–Crippen MR) is 71.1 cm³/mol. The van der Waals surface area contributed by atoms with Crippen molar-refractivity contribution in [3.05, 3.63) is 0 Å². The normalized spacial score (nSPS) is 21.9. The van der Waals surface area contributed by atoms with Crippen LogP contribution in [0.2, 0.25) is 0 Å². The number of urea groups is 1. The van der Waals surface area contributed by atoms with Crippen LogP contribution in [0.1, 0.15) is 39.5 Å². The van der Waals surface area contributed by atoms with Gasteiger partial charge in [-0.3, -0.25) is 4.79 Å². The van der Waals surface area contributed by atoms with Crippen LogP contribution < -0.4 is 10.6 Å². The van der Waals surface area contributed by atoms with Gasteiger partial charge in [-0.1, -0.05) is 20.3 Å². The summed E-state index contributed by atoms with van der Waals surface area (Å²) >= 11 is 0. The Morgan fingerprint density at radius 3 is 2.50 bits per heavy atom. The summed E-state index contributed by atoms with van der Waals surface area (Å²) < 4.78 is 4.40. The second kappa shape index (κ2) is 6.58. The highest BCUT2D eigenvalue weighted by atomic mass is 16.5. The van der Waals surface area contributed by atoms with E-state index in [1.54, 1.807) is 0 Å². The van der Waals surface area contributed by atoms with Crippen molar-refractivity contribution in [3.8, 4) is 0 Å². The Bertz CT molecular complexity index is 394. The minimum Gasteiger partial charge on any atom is -0.480 e. The molecule has 0 saturated heterocycles. The molecule has 1 saturated carbocycles. The summed E-state index contributed by atoms with van der Waals surface area (Å²) in [6.45, 7) is 4.13. The maximum absolute atomic E-state index is 11.8. The number of aliphatic carboxylic acids is 1. The summed E-state index contributed by atoms with van der Waals surface area (Å²) in [5, 5.41) is 14.1. The first-order valence-electron chi connectivity index (χ1n) is 6.63. The zero-order valence-electron chi connectivity index (χ0n) is 12.1. The third kappa shape index (κ3) is 4.40. The third-order valence-electron chi connectivity index (χ3n) is 3.76. The molecule has 1 unspecified atom stereocenters. The molecule has 1 rings (SSSR count). The Balaban J connectivity index is 2.54. The first kappa shape index (κ1) is 16.3. The van der Waals surface area contributed by atoms with E-state index in [4.69, 9.17) is 5.11 Å². The SMILES string of the molecule is COC(=O)C[C@H](NC(=O)NC1CCCC1(C)C)C(=O)O. The molecule has 1 fully saturated rings. The number of rotatable bonds is 5. The lowest BCUT2D eigenvalue weighted by atomic mass is 9.87. The second-order valence-corrected chi connectivity index (χ2v) is 5.72. The molecule has 20 heavy (non-hydrogen) atoms. The molecular weight excluding hydrogens is 264 g/mol. The molecule has 2 atom stereocenters. The average Bonchev–Trinajstić information content (AvgIpc) is 2.67. The molecule has 7 heteroatoms. The molecule has 3 N–H and O–H groups in total. The highest BCUT2D eigenvalue weighted by Gasteiger charge is 2.36. The lowest BCUT2D eigenvalue weighted by Crippen LogP contribution is -2.51. The van der Waals surface area contributed by atoms with Crippen LogP contribution in [0.5, 0.6) is 0 Å². The van der Waals surface area contributed by atoms with Crippen molar-refractivity contribution in [1.29, 1.82) is 0 Å². The van der Waals surface area contributed by atoms with Gasteiger partial charge in [0, 0.05) is 6.04 Å². The molecular formula is C13H22N2O5. The summed E-state index contributed by atoms with van der Waals surface area (Å²) in [7, 11) is 1.17. The Kier molecular flexibility index (Phi) is 5.35. The first-order chi connectivity index (χ1) is 9.26. The maximum atomic E-state index is 11.8. The Hall–Kier alpha value is -1.79. The highest BCUT2D eigenvalue weighted by molar-refractivity contribution is 5.86. The molecule has 0 aromatic heterocycles. The van der Waals surface area contributed by atoms with Gasteiger partial charge < -0.3 is 20.5 Å². The lowest BCUT2D eigenvalue weighted by Gasteiger charge is -2.28. The molecule has 1 aliphatic rings. The number of nitrogens with one attached hydrogen (secondary N) is 2. The van der Waals surface area contributed by atoms with Crippen LogP contribution >= 0.6 is 0 Å². The Labute approximate surface area is 118 Å². The Morgan fingerprint density at radius 1 is 1.40 bits per heavy atom. The van der Waals surface area contributed by atoms with E-state index in [0.29, 0.717) is 0 Å². The minimum absolute atomic E-state index is 0.00158. The van der Waals surface area contributed by atoms with Gasteiger partial charge in [-0.2, -0.15) is 0 Å². The number of ether oxygens (including phenoxy) is 1. The standard InChI is InChI=1S/C13H22N2O5/c1-13(2)6-4-5-9(13)15-12(19)14-8(11(17)18)7-10(16)20-3/h8-9H,4-7H2,1-3H3,(H,17,18)(H2,14,15,19)/t8-,9?/m0/s1. The molecule has 1 aliphatic carbocycles. The minimum atomic E-state index is -1.29. The molecule has 2 amide bonds. The molecule has 7 nitrogen and oxygen atoms in total. The van der Waals surface area contributed by atoms with Crippen molar-refractivity contribution in [1.82, 2.24) is 10.6 Å². The predicted octanol–water partition coefficient (Wildman–Crippen LogP) is 0.881. The van der Waals surface area contributed by atoms with Gasteiger partial charge in [-0.05, 0) is 18.3 Å². The summed E-state index contributed by atoms with van der Waals surface area (Å²) in [6, 6.07) is -1.84. The van der Waals surface area contributed by atoms with Crippen LogP contribution in [-0.2, 0) is 14.3 Å². The average molecular weight is 286 g/mol. The smallest absolute Gasteiger partial charge is 0.326 e. The fourth-order valence-corrected chi connectivity index (χ4v) is 2.40. The van der Waals surface area contributed by atoms with Gasteiger partial charge in [0.15, 0.2) is 0 Å². The van der Waals surface area contributed by atoms with Crippen LogP contribution in [0.3, 0.4) is 0 Å². The van der Waals surface area contributed by atoms with Crippen molar-refractivity contribution in [2.75, 3.05) is 7.11 Å². The number of carbonyl (C=O) groups is 3. The van der Waals surface area contributed by atoms with Crippen LogP contribution in [0.25, 0.3) is 0 Å². The highest BCUT2D eigenvalue weighted by Crippen LogP contribution is 2.37. The van der Waals surface area contributed by atoms with Gasteiger partial charge in [0.25, 0.3) is 0 Å². The zero-order chi connectivity index (χ0) is 15.3. The topological polar surface area (TPSA) is 105 Å². The van der Waals surface area contributed by atoms with E-state index in [1.807, 2.05) is 0 Å². The fourth-order valence-electron chi connectivity index (χ4n) is 2.40. The van der Waals surface area contributed by atoms with E-state index >= 15 is 0 Å². The first-order valence-corrected chi connectivity index (χ1v) is 6.63. The van der Waals surface area contributed by atoms with Gasteiger partial charge in [-0.15, -0.1) is 0 Å². The number of carboxylic acids is 1. The summed E-state index contributed by atoms with van der Waals surface area (Å²) in [6.07, 6.45) is 2.52. The van der Waals surface area contributed by atoms with Gasteiger partial charge >= 0.3 is 18.0 Å². The van der Waals surface area contributed by atoms with Crippen LogP contribution in [0.15, 0.2) is 0 Å². The van der Waals surface area contributed by atoms with Crippen molar-refractivity contribution in [2.45, 2.75) is 51.6 Å². The number of hydrogen-bond donors (Lipinski definition) is 3. The lowest BCUT2D eigenvalue weighted by molar-refractivity contribution is -0.147. The summed E-state index contributed by atoms with van der Waals surface area (Å²) in [5.41, 5.74) is -0.00158. The van der Waals surface area contributed by atoms with Crippen LogP contribution in [0, 0.1) is 5.41 Å². The monoisotopic (exact) mass is 286 g/mol. The van der Waals surface area contributed by atoms with Crippen molar-refractivity contribution >= 4 is 18.0 Å². The molecule has 0 spiro atoms. The van der Waals surface area contributed by atoms with E-state index in [-0.39, 0.29) is 11.5 Å². The second-order valence-electron chi connectivity index (χ2n) is 5.72. The largest absolute Gasteiger partial charge is 0.480 e. The molecule has 0 aliphatic heterocycles. The van der Waals surface area contributed by atoms with Gasteiger partial charge in [0.2, 0.25) is 0 Å². The zero-order valence-corrected chi connectivity index (χ0v) is 12.1. The molecule has 0 bridgehead atoms. The van der Waals surface area contributed by atoms with E-state index in [9.17, 15) is 14.4 Å². The number of carboxylic acid groups (broad SMARTS) is 1. The fraction of sp³-hybridized carbons (Fsp3) is 0.769. The summed E-state index contributed by atoms with van der Waals surface area (Å²) in [5.74, 6) is -1.95. The Morgan fingerprint density at radius 2 is 2.05 bits per heavy atom. The van der Waals surface area contributed by atoms with E-state index in [1.165, 1.54) is 7.11 Å².